The van der Waals surface area contributed by atoms with Gasteiger partial charge >= 0.3 is 12.1 Å². The SMILES string of the molecule is CCC1(CC)SCC(C(=O)O)N1C(=O)OCC1c2ccccc2-c2ccccc21. The molecule has 2 aromatic rings. The van der Waals surface area contributed by atoms with Gasteiger partial charge in [0.2, 0.25) is 0 Å². The van der Waals surface area contributed by atoms with Crippen LogP contribution >= 0.6 is 11.8 Å². The van der Waals surface area contributed by atoms with Crippen LogP contribution in [0, 0.1) is 0 Å². The first-order valence-corrected chi connectivity index (χ1v) is 11.0. The largest absolute Gasteiger partial charge is 0.480 e. The molecule has 5 nitrogen and oxygen atoms in total. The molecule has 152 valence electrons. The fourth-order valence-corrected chi connectivity index (χ4v) is 6.10. The van der Waals surface area contributed by atoms with Gasteiger partial charge in [0.15, 0.2) is 0 Å². The average Bonchev–Trinajstić information content (AvgIpc) is 3.29. The Hall–Kier alpha value is -2.47. The lowest BCUT2D eigenvalue weighted by molar-refractivity contribution is -0.142. The molecule has 0 saturated carbocycles. The summed E-state index contributed by atoms with van der Waals surface area (Å²) in [5.41, 5.74) is 4.62. The number of amides is 1. The van der Waals surface area contributed by atoms with Gasteiger partial charge in [0.25, 0.3) is 0 Å². The quantitative estimate of drug-likeness (QED) is 0.754. The lowest BCUT2D eigenvalue weighted by atomic mass is 9.98. The van der Waals surface area contributed by atoms with Gasteiger partial charge in [-0.05, 0) is 35.1 Å². The van der Waals surface area contributed by atoms with Gasteiger partial charge in [0, 0.05) is 11.7 Å². The smallest absolute Gasteiger partial charge is 0.411 e. The summed E-state index contributed by atoms with van der Waals surface area (Å²) >= 11 is 1.54. The van der Waals surface area contributed by atoms with Crippen LogP contribution in [0.3, 0.4) is 0 Å². The number of aliphatic carboxylic acids is 1. The first-order valence-electron chi connectivity index (χ1n) is 10.0. The van der Waals surface area contributed by atoms with Gasteiger partial charge in [-0.1, -0.05) is 62.4 Å². The van der Waals surface area contributed by atoms with E-state index in [0.29, 0.717) is 18.6 Å². The molecular formula is C23H25NO4S. The van der Waals surface area contributed by atoms with Crippen molar-refractivity contribution in [1.29, 1.82) is 0 Å². The zero-order valence-electron chi connectivity index (χ0n) is 16.6. The number of nitrogens with zero attached hydrogens (tertiary/aromatic N) is 1. The molecule has 1 fully saturated rings. The molecule has 29 heavy (non-hydrogen) atoms. The van der Waals surface area contributed by atoms with Gasteiger partial charge < -0.3 is 9.84 Å². The highest BCUT2D eigenvalue weighted by Gasteiger charge is 2.51. The minimum absolute atomic E-state index is 0.0393. The number of carbonyl (C=O) groups is 2. The van der Waals surface area contributed by atoms with Crippen molar-refractivity contribution in [1.82, 2.24) is 4.90 Å². The van der Waals surface area contributed by atoms with Crippen molar-refractivity contribution >= 4 is 23.8 Å². The van der Waals surface area contributed by atoms with E-state index < -0.39 is 23.0 Å². The third-order valence-corrected chi connectivity index (χ3v) is 7.98. The van der Waals surface area contributed by atoms with Crippen molar-refractivity contribution in [2.45, 2.75) is 43.5 Å². The van der Waals surface area contributed by atoms with Crippen LogP contribution in [0.2, 0.25) is 0 Å². The van der Waals surface area contributed by atoms with Gasteiger partial charge in [-0.15, -0.1) is 11.8 Å². The Morgan fingerprint density at radius 3 is 2.14 bits per heavy atom. The van der Waals surface area contributed by atoms with E-state index in [1.54, 1.807) is 11.8 Å². The Morgan fingerprint density at radius 2 is 1.62 bits per heavy atom. The number of benzene rings is 2. The molecule has 1 atom stereocenters. The van der Waals surface area contributed by atoms with Crippen LogP contribution in [-0.2, 0) is 9.53 Å². The molecule has 4 rings (SSSR count). The van der Waals surface area contributed by atoms with Crippen LogP contribution < -0.4 is 0 Å². The van der Waals surface area contributed by atoms with E-state index in [1.807, 2.05) is 38.1 Å². The molecule has 1 aliphatic heterocycles. The summed E-state index contributed by atoms with van der Waals surface area (Å²) in [6.07, 6.45) is 0.831. The van der Waals surface area contributed by atoms with Gasteiger partial charge in [0.05, 0.1) is 4.87 Å². The first kappa shape index (κ1) is 19.8. The van der Waals surface area contributed by atoms with E-state index in [1.165, 1.54) is 16.0 Å². The molecule has 2 aromatic carbocycles. The van der Waals surface area contributed by atoms with Gasteiger partial charge in [-0.3, -0.25) is 4.90 Å². The van der Waals surface area contributed by atoms with Crippen LogP contribution in [0.4, 0.5) is 4.79 Å². The van der Waals surface area contributed by atoms with Crippen LogP contribution in [-0.4, -0.2) is 45.3 Å². The zero-order valence-corrected chi connectivity index (χ0v) is 17.4. The maximum Gasteiger partial charge on any atom is 0.411 e. The monoisotopic (exact) mass is 411 g/mol. The van der Waals surface area contributed by atoms with E-state index in [-0.39, 0.29) is 12.5 Å². The molecular weight excluding hydrogens is 386 g/mol. The van der Waals surface area contributed by atoms with Crippen molar-refractivity contribution in [3.05, 3.63) is 59.7 Å². The number of carbonyl (C=O) groups excluding carboxylic acids is 1. The Morgan fingerprint density at radius 1 is 1.07 bits per heavy atom. The maximum absolute atomic E-state index is 13.1. The minimum Gasteiger partial charge on any atom is -0.480 e. The van der Waals surface area contributed by atoms with Gasteiger partial charge in [-0.2, -0.15) is 0 Å². The van der Waals surface area contributed by atoms with Crippen molar-refractivity contribution in [3.8, 4) is 11.1 Å². The van der Waals surface area contributed by atoms with Crippen LogP contribution in [0.15, 0.2) is 48.5 Å². The van der Waals surface area contributed by atoms with E-state index in [2.05, 4.69) is 24.3 Å². The van der Waals surface area contributed by atoms with Crippen molar-refractivity contribution in [2.24, 2.45) is 0 Å². The van der Waals surface area contributed by atoms with Crippen molar-refractivity contribution in [3.63, 3.8) is 0 Å². The third kappa shape index (κ3) is 3.19. The van der Waals surface area contributed by atoms with Crippen LogP contribution in [0.1, 0.15) is 43.7 Å². The number of carboxylic acids is 1. The summed E-state index contributed by atoms with van der Waals surface area (Å²) in [6.45, 7) is 4.18. The average molecular weight is 412 g/mol. The fraction of sp³-hybridized carbons (Fsp3) is 0.391. The number of hydrogen-bond acceptors (Lipinski definition) is 4. The Labute approximate surface area is 175 Å². The lowest BCUT2D eigenvalue weighted by Crippen LogP contribution is -2.52. The Bertz CT molecular complexity index is 894. The molecule has 0 radical (unpaired) electrons. The summed E-state index contributed by atoms with van der Waals surface area (Å²) in [4.78, 5) is 25.8. The summed E-state index contributed by atoms with van der Waals surface area (Å²) in [5, 5.41) is 9.63. The molecule has 0 aromatic heterocycles. The number of hydrogen-bond donors (Lipinski definition) is 1. The highest BCUT2D eigenvalue weighted by molar-refractivity contribution is 8.01. The molecule has 2 aliphatic rings. The second-order valence-electron chi connectivity index (χ2n) is 7.49. The molecule has 1 N–H and O–H groups in total. The molecule has 1 aliphatic carbocycles. The molecule has 1 heterocycles. The maximum atomic E-state index is 13.1. The summed E-state index contributed by atoms with van der Waals surface area (Å²) in [7, 11) is 0. The number of thioether (sulfide) groups is 1. The van der Waals surface area contributed by atoms with Gasteiger partial charge in [0.1, 0.15) is 12.6 Å². The predicted molar refractivity (Wildman–Crippen MR) is 114 cm³/mol. The molecule has 1 saturated heterocycles. The molecule has 1 unspecified atom stereocenters. The highest BCUT2D eigenvalue weighted by atomic mass is 32.2. The first-order chi connectivity index (χ1) is 14.0. The Kier molecular flexibility index (Phi) is 5.30. The number of rotatable bonds is 5. The minimum atomic E-state index is -0.977. The number of ether oxygens (including phenoxy) is 1. The Balaban J connectivity index is 1.59. The molecule has 1 amide bonds. The van der Waals surface area contributed by atoms with E-state index in [0.717, 1.165) is 11.1 Å². The van der Waals surface area contributed by atoms with E-state index >= 15 is 0 Å². The molecule has 0 spiro atoms. The fourth-order valence-electron chi connectivity index (χ4n) is 4.60. The topological polar surface area (TPSA) is 66.8 Å². The van der Waals surface area contributed by atoms with Crippen molar-refractivity contribution in [2.75, 3.05) is 12.4 Å². The lowest BCUT2D eigenvalue weighted by Gasteiger charge is -2.37. The third-order valence-electron chi connectivity index (χ3n) is 6.18. The predicted octanol–water partition coefficient (Wildman–Crippen LogP) is 4.95. The highest BCUT2D eigenvalue weighted by Crippen LogP contribution is 2.46. The van der Waals surface area contributed by atoms with Crippen molar-refractivity contribution < 1.29 is 19.4 Å². The van der Waals surface area contributed by atoms with Crippen LogP contribution in [0.25, 0.3) is 11.1 Å². The number of carboxylic acid groups (broad SMARTS) is 1. The van der Waals surface area contributed by atoms with E-state index in [4.69, 9.17) is 4.74 Å². The molecule has 0 bridgehead atoms. The summed E-state index contributed by atoms with van der Waals surface area (Å²) in [5.74, 6) is -0.626. The standard InChI is InChI=1S/C23H25NO4S/c1-3-23(4-2)24(20(14-29-23)21(25)26)22(27)28-13-19-17-11-7-5-9-15(17)16-10-6-8-12-18(16)19/h5-12,19-20H,3-4,13-14H2,1-2H3,(H,25,26). The number of fused-ring (bicyclic) bond motifs is 3. The normalized spacial score (nSPS) is 19.7. The summed E-state index contributed by atoms with van der Waals surface area (Å²) in [6, 6.07) is 15.5. The summed E-state index contributed by atoms with van der Waals surface area (Å²) < 4.78 is 5.77. The van der Waals surface area contributed by atoms with E-state index in [9.17, 15) is 14.7 Å². The van der Waals surface area contributed by atoms with Gasteiger partial charge in [-0.25, -0.2) is 9.59 Å². The zero-order chi connectivity index (χ0) is 20.6. The second kappa shape index (κ2) is 7.75. The molecule has 6 heteroatoms. The second-order valence-corrected chi connectivity index (χ2v) is 8.87. The van der Waals surface area contributed by atoms with Crippen LogP contribution in [0.5, 0.6) is 0 Å².